The van der Waals surface area contributed by atoms with Gasteiger partial charge in [-0.15, -0.1) is 0 Å². The zero-order valence-electron chi connectivity index (χ0n) is 18.5. The number of carbonyl (C=O) groups excluding carboxylic acids is 3. The average Bonchev–Trinajstić information content (AvgIpc) is 3.12. The van der Waals surface area contributed by atoms with E-state index in [4.69, 9.17) is 16.3 Å². The van der Waals surface area contributed by atoms with Gasteiger partial charge >= 0.3 is 5.97 Å². The summed E-state index contributed by atoms with van der Waals surface area (Å²) in [4.78, 5) is 42.4. The van der Waals surface area contributed by atoms with E-state index in [1.54, 1.807) is 18.3 Å². The third-order valence-corrected chi connectivity index (χ3v) is 7.43. The Kier molecular flexibility index (Phi) is 6.97. The zero-order chi connectivity index (χ0) is 25.2. The standard InChI is InChI=1S/C24H20ClN3O6S/c1-16(29)34-20-8-6-19(7-9-20)28-23(30)13-22(24(28)31)27(15-17-3-2-12-26-14-17)35(32,33)21-10-4-18(25)5-11-21/h2-12,14,22H,13,15H2,1H3. The lowest BCUT2D eigenvalue weighted by Gasteiger charge is -2.27. The van der Waals surface area contributed by atoms with Crippen LogP contribution in [0.15, 0.2) is 78.0 Å². The quantitative estimate of drug-likeness (QED) is 0.271. The van der Waals surface area contributed by atoms with Gasteiger partial charge < -0.3 is 4.74 Å². The molecule has 0 N–H and O–H groups in total. The summed E-state index contributed by atoms with van der Waals surface area (Å²) in [6, 6.07) is 13.4. The Balaban J connectivity index is 1.69. The fraction of sp³-hybridized carbons (Fsp3) is 0.167. The van der Waals surface area contributed by atoms with E-state index >= 15 is 0 Å². The Morgan fingerprint density at radius 3 is 2.40 bits per heavy atom. The van der Waals surface area contributed by atoms with E-state index in [1.807, 2.05) is 0 Å². The highest BCUT2D eigenvalue weighted by atomic mass is 35.5. The molecule has 2 aromatic carbocycles. The van der Waals surface area contributed by atoms with Gasteiger partial charge in [-0.05, 0) is 60.2 Å². The number of pyridine rings is 1. The molecule has 0 radical (unpaired) electrons. The number of halogens is 1. The van der Waals surface area contributed by atoms with Crippen LogP contribution in [0, 0.1) is 0 Å². The maximum absolute atomic E-state index is 13.6. The van der Waals surface area contributed by atoms with Crippen LogP contribution in [0.1, 0.15) is 18.9 Å². The van der Waals surface area contributed by atoms with Crippen LogP contribution < -0.4 is 9.64 Å². The number of ether oxygens (including phenoxy) is 1. The number of amides is 2. The van der Waals surface area contributed by atoms with Crippen LogP contribution in [0.4, 0.5) is 5.69 Å². The zero-order valence-corrected chi connectivity index (χ0v) is 20.1. The summed E-state index contributed by atoms with van der Waals surface area (Å²) in [6.07, 6.45) is 2.71. The number of esters is 1. The van der Waals surface area contributed by atoms with Crippen molar-refractivity contribution in [3.63, 3.8) is 0 Å². The maximum atomic E-state index is 13.6. The first-order valence-electron chi connectivity index (χ1n) is 10.5. The molecule has 1 aromatic heterocycles. The summed E-state index contributed by atoms with van der Waals surface area (Å²) < 4.78 is 33.2. The van der Waals surface area contributed by atoms with Gasteiger partial charge in [0.05, 0.1) is 17.0 Å². The molecule has 1 aliphatic rings. The highest BCUT2D eigenvalue weighted by Crippen LogP contribution is 2.31. The highest BCUT2D eigenvalue weighted by molar-refractivity contribution is 7.89. The minimum atomic E-state index is -4.19. The molecular formula is C24H20ClN3O6S. The molecule has 180 valence electrons. The second kappa shape index (κ2) is 9.95. The van der Waals surface area contributed by atoms with Crippen molar-refractivity contribution in [2.75, 3.05) is 4.90 Å². The normalized spacial score (nSPS) is 16.1. The van der Waals surface area contributed by atoms with E-state index in [9.17, 15) is 22.8 Å². The molecule has 1 fully saturated rings. The SMILES string of the molecule is CC(=O)Oc1ccc(N2C(=O)CC(N(Cc3cccnc3)S(=O)(=O)c3ccc(Cl)cc3)C2=O)cc1. The van der Waals surface area contributed by atoms with Crippen molar-refractivity contribution < 1.29 is 27.5 Å². The first-order valence-corrected chi connectivity index (χ1v) is 12.3. The summed E-state index contributed by atoms with van der Waals surface area (Å²) in [5.74, 6) is -1.50. The molecule has 35 heavy (non-hydrogen) atoms. The minimum absolute atomic E-state index is 0.0600. The first kappa shape index (κ1) is 24.5. The molecular weight excluding hydrogens is 494 g/mol. The van der Waals surface area contributed by atoms with Crippen molar-refractivity contribution in [1.29, 1.82) is 0 Å². The Hall–Kier alpha value is -3.60. The molecule has 2 amide bonds. The Morgan fingerprint density at radius 1 is 1.11 bits per heavy atom. The Bertz CT molecular complexity index is 1360. The van der Waals surface area contributed by atoms with E-state index in [1.165, 1.54) is 61.7 Å². The van der Waals surface area contributed by atoms with Gasteiger partial charge in [0, 0.05) is 30.9 Å². The van der Waals surface area contributed by atoms with Crippen LogP contribution in [-0.4, -0.2) is 41.5 Å². The number of hydrogen-bond donors (Lipinski definition) is 0. The van der Waals surface area contributed by atoms with Crippen molar-refractivity contribution in [2.45, 2.75) is 30.8 Å². The Morgan fingerprint density at radius 2 is 1.80 bits per heavy atom. The second-order valence-corrected chi connectivity index (χ2v) is 10.1. The van der Waals surface area contributed by atoms with Gasteiger partial charge in [-0.3, -0.25) is 19.4 Å². The molecule has 1 aliphatic heterocycles. The number of benzene rings is 2. The summed E-state index contributed by atoms with van der Waals surface area (Å²) in [5, 5.41) is 0.359. The van der Waals surface area contributed by atoms with Gasteiger partial charge in [-0.25, -0.2) is 13.3 Å². The van der Waals surface area contributed by atoms with Crippen molar-refractivity contribution in [2.24, 2.45) is 0 Å². The molecule has 11 heteroatoms. The highest BCUT2D eigenvalue weighted by Gasteiger charge is 2.47. The third kappa shape index (κ3) is 5.24. The number of hydrogen-bond acceptors (Lipinski definition) is 7. The lowest BCUT2D eigenvalue weighted by atomic mass is 10.2. The fourth-order valence-corrected chi connectivity index (χ4v) is 5.41. The van der Waals surface area contributed by atoms with Crippen LogP contribution in [0.3, 0.4) is 0 Å². The van der Waals surface area contributed by atoms with E-state index in [2.05, 4.69) is 4.98 Å². The minimum Gasteiger partial charge on any atom is -0.427 e. The van der Waals surface area contributed by atoms with Gasteiger partial charge in [0.1, 0.15) is 11.8 Å². The molecule has 0 spiro atoms. The average molecular weight is 514 g/mol. The van der Waals surface area contributed by atoms with Gasteiger partial charge in [-0.2, -0.15) is 4.31 Å². The number of carbonyl (C=O) groups is 3. The molecule has 1 atom stereocenters. The fourth-order valence-electron chi connectivity index (χ4n) is 3.72. The number of rotatable bonds is 7. The smallest absolute Gasteiger partial charge is 0.308 e. The van der Waals surface area contributed by atoms with E-state index < -0.39 is 33.8 Å². The monoisotopic (exact) mass is 513 g/mol. The van der Waals surface area contributed by atoms with Gasteiger partial charge in [0.2, 0.25) is 15.9 Å². The van der Waals surface area contributed by atoms with Crippen molar-refractivity contribution >= 4 is 45.1 Å². The number of imide groups is 1. The van der Waals surface area contributed by atoms with Gasteiger partial charge in [-0.1, -0.05) is 17.7 Å². The summed E-state index contributed by atoms with van der Waals surface area (Å²) in [7, 11) is -4.19. The number of nitrogens with zero attached hydrogens (tertiary/aromatic N) is 3. The predicted octanol–water partition coefficient (Wildman–Crippen LogP) is 3.18. The molecule has 0 bridgehead atoms. The molecule has 4 rings (SSSR count). The second-order valence-electron chi connectivity index (χ2n) is 7.74. The van der Waals surface area contributed by atoms with Crippen LogP contribution in [-0.2, 0) is 31.0 Å². The van der Waals surface area contributed by atoms with Crippen molar-refractivity contribution in [3.8, 4) is 5.75 Å². The van der Waals surface area contributed by atoms with Gasteiger partial charge in [0.15, 0.2) is 0 Å². The van der Waals surface area contributed by atoms with E-state index in [0.717, 1.165) is 9.21 Å². The van der Waals surface area contributed by atoms with Crippen LogP contribution in [0.5, 0.6) is 5.75 Å². The van der Waals surface area contributed by atoms with Crippen LogP contribution >= 0.6 is 11.6 Å². The molecule has 3 aromatic rings. The third-order valence-electron chi connectivity index (χ3n) is 5.31. The summed E-state index contributed by atoms with van der Waals surface area (Å²) >= 11 is 5.92. The van der Waals surface area contributed by atoms with Crippen molar-refractivity contribution in [3.05, 3.63) is 83.6 Å². The lowest BCUT2D eigenvalue weighted by Crippen LogP contribution is -2.45. The molecule has 0 saturated carbocycles. The summed E-state index contributed by atoms with van der Waals surface area (Å²) in [6.45, 7) is 1.09. The molecule has 0 aliphatic carbocycles. The molecule has 1 unspecified atom stereocenters. The number of anilines is 1. The molecule has 1 saturated heterocycles. The maximum Gasteiger partial charge on any atom is 0.308 e. The first-order chi connectivity index (χ1) is 16.7. The summed E-state index contributed by atoms with van der Waals surface area (Å²) in [5.41, 5.74) is 0.790. The van der Waals surface area contributed by atoms with E-state index in [0.29, 0.717) is 10.6 Å². The topological polar surface area (TPSA) is 114 Å². The lowest BCUT2D eigenvalue weighted by molar-refractivity contribution is -0.132. The van der Waals surface area contributed by atoms with Crippen LogP contribution in [0.25, 0.3) is 0 Å². The molecule has 2 heterocycles. The number of sulfonamides is 1. The molecule has 9 nitrogen and oxygen atoms in total. The van der Waals surface area contributed by atoms with Gasteiger partial charge in [0.25, 0.3) is 5.91 Å². The largest absolute Gasteiger partial charge is 0.427 e. The number of aromatic nitrogens is 1. The van der Waals surface area contributed by atoms with E-state index in [-0.39, 0.29) is 29.3 Å². The van der Waals surface area contributed by atoms with Crippen molar-refractivity contribution in [1.82, 2.24) is 9.29 Å². The Labute approximate surface area is 206 Å². The van der Waals surface area contributed by atoms with Crippen LogP contribution in [0.2, 0.25) is 5.02 Å². The predicted molar refractivity (Wildman–Crippen MR) is 127 cm³/mol.